The number of aryl methyl sites for hydroxylation is 1. The summed E-state index contributed by atoms with van der Waals surface area (Å²) in [5.41, 5.74) is 3.41. The summed E-state index contributed by atoms with van der Waals surface area (Å²) in [5, 5.41) is 9.27. The van der Waals surface area contributed by atoms with Gasteiger partial charge in [-0.05, 0) is 18.1 Å². The smallest absolute Gasteiger partial charge is 0.278 e. The summed E-state index contributed by atoms with van der Waals surface area (Å²) in [6.07, 6.45) is 0. The summed E-state index contributed by atoms with van der Waals surface area (Å²) >= 11 is 0. The second kappa shape index (κ2) is 7.54. The van der Waals surface area contributed by atoms with Gasteiger partial charge < -0.3 is 10.0 Å². The van der Waals surface area contributed by atoms with Crippen molar-refractivity contribution in [2.45, 2.75) is 13.5 Å². The average molecular weight is 350 g/mol. The van der Waals surface area contributed by atoms with Crippen molar-refractivity contribution in [3.05, 3.63) is 77.0 Å². The first-order chi connectivity index (χ1) is 12.5. The molecule has 0 spiro atoms. The number of rotatable bonds is 6. The van der Waals surface area contributed by atoms with Gasteiger partial charge in [0.2, 0.25) is 0 Å². The quantitative estimate of drug-likeness (QED) is 0.812. The second-order valence-corrected chi connectivity index (χ2v) is 6.42. The average Bonchev–Trinajstić information content (AvgIpc) is 2.88. The van der Waals surface area contributed by atoms with Gasteiger partial charge in [0.05, 0.1) is 18.7 Å². The zero-order valence-electron chi connectivity index (χ0n) is 15.0. The molecule has 0 atom stereocenters. The van der Waals surface area contributed by atoms with E-state index in [0.29, 0.717) is 16.8 Å². The van der Waals surface area contributed by atoms with Gasteiger partial charge in [-0.1, -0.05) is 60.2 Å². The van der Waals surface area contributed by atoms with Crippen molar-refractivity contribution in [2.75, 3.05) is 20.2 Å². The fraction of sp³-hybridized carbons (Fsp3) is 0.238. The lowest BCUT2D eigenvalue weighted by Gasteiger charge is -2.20. The fourth-order valence-corrected chi connectivity index (χ4v) is 3.07. The normalized spacial score (nSPS) is 14.3. The van der Waals surface area contributed by atoms with Crippen LogP contribution in [0.15, 0.2) is 60.3 Å². The number of hydrogen-bond donors (Lipinski definition) is 1. The Bertz CT molecular complexity index is 841. The summed E-state index contributed by atoms with van der Waals surface area (Å²) in [6, 6.07) is 17.0. The second-order valence-electron chi connectivity index (χ2n) is 6.42. The van der Waals surface area contributed by atoms with E-state index in [1.807, 2.05) is 61.5 Å². The number of likely N-dealkylation sites (N-methyl/N-ethyl adjacent to an activating group) is 1. The molecule has 5 nitrogen and oxygen atoms in total. The number of carbonyl (C=O) groups excluding carboxylic acids is 2. The van der Waals surface area contributed by atoms with Crippen LogP contribution in [-0.2, 0) is 16.1 Å². The Kier molecular flexibility index (Phi) is 5.19. The molecule has 2 aromatic rings. The molecule has 1 aliphatic rings. The van der Waals surface area contributed by atoms with Crippen LogP contribution in [0.3, 0.4) is 0 Å². The van der Waals surface area contributed by atoms with Gasteiger partial charge in [0.1, 0.15) is 5.70 Å². The van der Waals surface area contributed by atoms with Crippen LogP contribution in [-0.4, -0.2) is 46.9 Å². The van der Waals surface area contributed by atoms with Crippen LogP contribution in [0.4, 0.5) is 0 Å². The molecule has 26 heavy (non-hydrogen) atoms. The molecule has 3 rings (SSSR count). The van der Waals surface area contributed by atoms with E-state index in [1.54, 1.807) is 11.9 Å². The number of aliphatic hydroxyl groups excluding tert-OH is 1. The number of benzene rings is 2. The molecule has 0 bridgehead atoms. The summed E-state index contributed by atoms with van der Waals surface area (Å²) in [7, 11) is 1.72. The molecule has 0 aromatic heterocycles. The molecule has 0 saturated carbocycles. The maximum atomic E-state index is 13.1. The van der Waals surface area contributed by atoms with Gasteiger partial charge in [0, 0.05) is 13.6 Å². The van der Waals surface area contributed by atoms with Crippen molar-refractivity contribution in [1.29, 1.82) is 0 Å². The first-order valence-electron chi connectivity index (χ1n) is 8.56. The molecule has 0 saturated heterocycles. The van der Waals surface area contributed by atoms with Crippen LogP contribution in [0.5, 0.6) is 0 Å². The minimum Gasteiger partial charge on any atom is -0.395 e. The molecule has 0 fully saturated rings. The predicted molar refractivity (Wildman–Crippen MR) is 99.8 cm³/mol. The number of amides is 2. The summed E-state index contributed by atoms with van der Waals surface area (Å²) in [6.45, 7) is 2.38. The number of aliphatic hydroxyl groups is 1. The third kappa shape index (κ3) is 3.39. The lowest BCUT2D eigenvalue weighted by molar-refractivity contribution is -0.138. The van der Waals surface area contributed by atoms with Gasteiger partial charge in [0.15, 0.2) is 0 Å². The van der Waals surface area contributed by atoms with Crippen LogP contribution in [0, 0.1) is 6.92 Å². The van der Waals surface area contributed by atoms with Gasteiger partial charge in [-0.2, -0.15) is 0 Å². The zero-order valence-corrected chi connectivity index (χ0v) is 15.0. The van der Waals surface area contributed by atoms with E-state index in [2.05, 4.69) is 0 Å². The van der Waals surface area contributed by atoms with Gasteiger partial charge in [-0.3, -0.25) is 14.5 Å². The molecule has 0 unspecified atom stereocenters. The standard InChI is InChI=1S/C21H22N2O3/c1-15-8-10-17(11-9-15)18-19(22(2)12-13-24)21(26)23(20(18)25)14-16-6-4-3-5-7-16/h3-11,24H,12-14H2,1-2H3. The summed E-state index contributed by atoms with van der Waals surface area (Å²) < 4.78 is 0. The topological polar surface area (TPSA) is 60.9 Å². The Morgan fingerprint density at radius 3 is 2.23 bits per heavy atom. The molecule has 1 N–H and O–H groups in total. The molecular formula is C21H22N2O3. The molecule has 0 radical (unpaired) electrons. The molecule has 2 amide bonds. The van der Waals surface area contributed by atoms with Crippen molar-refractivity contribution in [3.8, 4) is 0 Å². The molecule has 1 heterocycles. The van der Waals surface area contributed by atoms with E-state index < -0.39 is 0 Å². The molecular weight excluding hydrogens is 328 g/mol. The summed E-state index contributed by atoms with van der Waals surface area (Å²) in [4.78, 5) is 29.0. The van der Waals surface area contributed by atoms with Crippen LogP contribution in [0.2, 0.25) is 0 Å². The van der Waals surface area contributed by atoms with E-state index in [-0.39, 0.29) is 31.5 Å². The SMILES string of the molecule is Cc1ccc(C2=C(N(C)CCO)C(=O)N(Cc3ccccc3)C2=O)cc1. The molecule has 0 aliphatic carbocycles. The number of hydrogen-bond acceptors (Lipinski definition) is 4. The highest BCUT2D eigenvalue weighted by molar-refractivity contribution is 6.35. The lowest BCUT2D eigenvalue weighted by atomic mass is 10.0. The van der Waals surface area contributed by atoms with Crippen LogP contribution in [0.1, 0.15) is 16.7 Å². The maximum Gasteiger partial charge on any atom is 0.278 e. The molecule has 134 valence electrons. The van der Waals surface area contributed by atoms with Gasteiger partial charge in [0.25, 0.3) is 11.8 Å². The Morgan fingerprint density at radius 2 is 1.62 bits per heavy atom. The zero-order chi connectivity index (χ0) is 18.7. The number of nitrogens with zero attached hydrogens (tertiary/aromatic N) is 2. The fourth-order valence-electron chi connectivity index (χ4n) is 3.07. The Hall–Kier alpha value is -2.92. The van der Waals surface area contributed by atoms with Gasteiger partial charge >= 0.3 is 0 Å². The highest BCUT2D eigenvalue weighted by atomic mass is 16.3. The van der Waals surface area contributed by atoms with Crippen molar-refractivity contribution in [1.82, 2.24) is 9.80 Å². The monoisotopic (exact) mass is 350 g/mol. The first kappa shape index (κ1) is 17.9. The first-order valence-corrected chi connectivity index (χ1v) is 8.56. The highest BCUT2D eigenvalue weighted by Crippen LogP contribution is 2.32. The minimum atomic E-state index is -0.328. The largest absolute Gasteiger partial charge is 0.395 e. The van der Waals surface area contributed by atoms with Crippen LogP contribution in [0.25, 0.3) is 5.57 Å². The molecule has 5 heteroatoms. The third-order valence-electron chi connectivity index (χ3n) is 4.48. The number of imide groups is 1. The lowest BCUT2D eigenvalue weighted by Crippen LogP contribution is -2.34. The van der Waals surface area contributed by atoms with Crippen molar-refractivity contribution >= 4 is 17.4 Å². The maximum absolute atomic E-state index is 13.1. The molecule has 2 aromatic carbocycles. The Labute approximate surface area is 153 Å². The highest BCUT2D eigenvalue weighted by Gasteiger charge is 2.40. The number of carbonyl (C=O) groups is 2. The van der Waals surface area contributed by atoms with Crippen molar-refractivity contribution in [2.24, 2.45) is 0 Å². The van der Waals surface area contributed by atoms with E-state index >= 15 is 0 Å². The molecule has 1 aliphatic heterocycles. The van der Waals surface area contributed by atoms with Gasteiger partial charge in [-0.25, -0.2) is 0 Å². The van der Waals surface area contributed by atoms with E-state index in [0.717, 1.165) is 11.1 Å². The van der Waals surface area contributed by atoms with E-state index in [9.17, 15) is 14.7 Å². The minimum absolute atomic E-state index is 0.0959. The van der Waals surface area contributed by atoms with Crippen molar-refractivity contribution < 1.29 is 14.7 Å². The van der Waals surface area contributed by atoms with E-state index in [1.165, 1.54) is 4.90 Å². The third-order valence-corrected chi connectivity index (χ3v) is 4.48. The van der Waals surface area contributed by atoms with Crippen molar-refractivity contribution in [3.63, 3.8) is 0 Å². The van der Waals surface area contributed by atoms with Gasteiger partial charge in [-0.15, -0.1) is 0 Å². The summed E-state index contributed by atoms with van der Waals surface area (Å²) in [5.74, 6) is -0.632. The Morgan fingerprint density at radius 1 is 0.962 bits per heavy atom. The van der Waals surface area contributed by atoms with Crippen LogP contribution >= 0.6 is 0 Å². The van der Waals surface area contributed by atoms with E-state index in [4.69, 9.17) is 0 Å². The predicted octanol–water partition coefficient (Wildman–Crippen LogP) is 2.20. The van der Waals surface area contributed by atoms with Crippen LogP contribution < -0.4 is 0 Å². The Balaban J connectivity index is 2.01.